The van der Waals surface area contributed by atoms with Crippen LogP contribution in [0.15, 0.2) is 12.4 Å². The minimum atomic E-state index is -2.83. The molecule has 11 heavy (non-hydrogen) atoms. The second kappa shape index (κ2) is 2.88. The molecule has 1 heterocycles. The lowest BCUT2D eigenvalue weighted by Gasteiger charge is -1.89. The molecule has 60 valence electrons. The molecule has 0 amide bonds. The molecule has 0 saturated carbocycles. The SMILES string of the molecule is Cn1cc[n+](C)c1OP(=O)=O. The van der Waals surface area contributed by atoms with Crippen LogP contribution in [0.5, 0.6) is 6.01 Å². The van der Waals surface area contributed by atoms with E-state index in [1.165, 1.54) is 0 Å². The molecule has 0 fully saturated rings. The maximum absolute atomic E-state index is 10.2. The molecule has 0 unspecified atom stereocenters. The minimum absolute atomic E-state index is 0.293. The maximum atomic E-state index is 10.2. The molecule has 0 atom stereocenters. The summed E-state index contributed by atoms with van der Waals surface area (Å²) in [6.07, 6.45) is 3.41. The van der Waals surface area contributed by atoms with Gasteiger partial charge in [0.1, 0.15) is 12.4 Å². The monoisotopic (exact) mass is 175 g/mol. The fraction of sp³-hybridized carbons (Fsp3) is 0.400. The molecule has 0 aromatic carbocycles. The molecule has 5 nitrogen and oxygen atoms in total. The van der Waals surface area contributed by atoms with Gasteiger partial charge in [0.05, 0.1) is 14.1 Å². The summed E-state index contributed by atoms with van der Waals surface area (Å²) < 4.78 is 28.0. The Morgan fingerprint density at radius 1 is 1.64 bits per heavy atom. The van der Waals surface area contributed by atoms with Gasteiger partial charge in [-0.25, -0.2) is 0 Å². The van der Waals surface area contributed by atoms with Crippen molar-refractivity contribution in [2.45, 2.75) is 0 Å². The number of nitrogens with zero attached hydrogens (tertiary/aromatic N) is 2. The van der Waals surface area contributed by atoms with Gasteiger partial charge in [-0.3, -0.25) is 0 Å². The zero-order valence-corrected chi connectivity index (χ0v) is 7.12. The lowest BCUT2D eigenvalue weighted by molar-refractivity contribution is -0.674. The van der Waals surface area contributed by atoms with Crippen LogP contribution in [0.1, 0.15) is 0 Å². The van der Waals surface area contributed by atoms with Gasteiger partial charge in [-0.05, 0) is 0 Å². The van der Waals surface area contributed by atoms with Gasteiger partial charge in [-0.2, -0.15) is 18.3 Å². The van der Waals surface area contributed by atoms with E-state index in [1.54, 1.807) is 35.6 Å². The van der Waals surface area contributed by atoms with Crippen LogP contribution in [-0.4, -0.2) is 4.57 Å². The molecule has 0 bridgehead atoms. The second-order valence-electron chi connectivity index (χ2n) is 2.12. The van der Waals surface area contributed by atoms with Gasteiger partial charge >= 0.3 is 13.9 Å². The fourth-order valence-electron chi connectivity index (χ4n) is 0.772. The number of hydrogen-bond acceptors (Lipinski definition) is 3. The van der Waals surface area contributed by atoms with Gasteiger partial charge < -0.3 is 4.52 Å². The van der Waals surface area contributed by atoms with Crippen molar-refractivity contribution in [2.24, 2.45) is 14.1 Å². The van der Waals surface area contributed by atoms with E-state index in [9.17, 15) is 9.13 Å². The third kappa shape index (κ3) is 1.68. The number of aryl methyl sites for hydroxylation is 2. The predicted molar refractivity (Wildman–Crippen MR) is 35.5 cm³/mol. The van der Waals surface area contributed by atoms with Crippen LogP contribution in [0.3, 0.4) is 0 Å². The van der Waals surface area contributed by atoms with E-state index in [0.717, 1.165) is 0 Å². The second-order valence-corrected chi connectivity index (χ2v) is 2.75. The Hall–Kier alpha value is -1.09. The predicted octanol–water partition coefficient (Wildman–Crippen LogP) is 0.316. The van der Waals surface area contributed by atoms with Crippen LogP contribution in [-0.2, 0) is 23.2 Å². The molecule has 0 aliphatic heterocycles. The summed E-state index contributed by atoms with van der Waals surface area (Å²) >= 11 is 0. The van der Waals surface area contributed by atoms with E-state index in [-0.39, 0.29) is 0 Å². The number of hydrogen-bond donors (Lipinski definition) is 0. The summed E-state index contributed by atoms with van der Waals surface area (Å²) in [4.78, 5) is 0. The van der Waals surface area contributed by atoms with E-state index in [0.29, 0.717) is 6.01 Å². The molecule has 6 heteroatoms. The minimum Gasteiger partial charge on any atom is -0.315 e. The number of aromatic nitrogens is 2. The lowest BCUT2D eigenvalue weighted by Crippen LogP contribution is -2.26. The molecule has 1 aromatic heterocycles. The molecule has 0 N–H and O–H groups in total. The molecule has 1 aromatic rings. The Morgan fingerprint density at radius 2 is 2.27 bits per heavy atom. The lowest BCUT2D eigenvalue weighted by atomic mass is 10.9. The van der Waals surface area contributed by atoms with Crippen molar-refractivity contribution in [3.05, 3.63) is 12.4 Å². The summed E-state index contributed by atoms with van der Waals surface area (Å²) in [5.41, 5.74) is 0. The molecular weight excluding hydrogens is 167 g/mol. The topological polar surface area (TPSA) is 52.2 Å². The van der Waals surface area contributed by atoms with E-state index in [1.807, 2.05) is 0 Å². The van der Waals surface area contributed by atoms with Crippen LogP contribution in [0.25, 0.3) is 0 Å². The highest BCUT2D eigenvalue weighted by Gasteiger charge is 2.14. The normalized spacial score (nSPS) is 9.64. The Kier molecular flexibility index (Phi) is 2.10. The Bertz CT molecular complexity index is 301. The Morgan fingerprint density at radius 3 is 2.64 bits per heavy atom. The van der Waals surface area contributed by atoms with Crippen LogP contribution < -0.4 is 9.09 Å². The number of rotatable bonds is 2. The van der Waals surface area contributed by atoms with Crippen molar-refractivity contribution < 1.29 is 18.2 Å². The summed E-state index contributed by atoms with van der Waals surface area (Å²) in [7, 11) is 0.580. The highest BCUT2D eigenvalue weighted by molar-refractivity contribution is 7.25. The molecular formula is C5H8N2O3P+. The van der Waals surface area contributed by atoms with Crippen molar-refractivity contribution in [1.82, 2.24) is 4.57 Å². The zero-order valence-electron chi connectivity index (χ0n) is 6.22. The van der Waals surface area contributed by atoms with Gasteiger partial charge in [-0.1, -0.05) is 0 Å². The first kappa shape index (κ1) is 8.01. The quantitative estimate of drug-likeness (QED) is 0.480. The number of imidazole rings is 1. The van der Waals surface area contributed by atoms with E-state index in [2.05, 4.69) is 4.52 Å². The van der Waals surface area contributed by atoms with Crippen LogP contribution in [0, 0.1) is 0 Å². The summed E-state index contributed by atoms with van der Waals surface area (Å²) in [6, 6.07) is 0.293. The van der Waals surface area contributed by atoms with Crippen molar-refractivity contribution in [1.29, 1.82) is 0 Å². The fourth-order valence-corrected chi connectivity index (χ4v) is 1.16. The third-order valence-corrected chi connectivity index (χ3v) is 1.59. The largest absolute Gasteiger partial charge is 0.534 e. The first-order chi connectivity index (χ1) is 5.11. The van der Waals surface area contributed by atoms with Crippen LogP contribution >= 0.6 is 7.91 Å². The van der Waals surface area contributed by atoms with Crippen LogP contribution in [0.2, 0.25) is 0 Å². The van der Waals surface area contributed by atoms with Crippen molar-refractivity contribution in [2.75, 3.05) is 0 Å². The van der Waals surface area contributed by atoms with Gasteiger partial charge in [0.15, 0.2) is 0 Å². The molecule has 0 spiro atoms. The first-order valence-electron chi connectivity index (χ1n) is 2.94. The zero-order chi connectivity index (χ0) is 8.43. The van der Waals surface area contributed by atoms with Crippen molar-refractivity contribution >= 4 is 7.91 Å². The summed E-state index contributed by atoms with van der Waals surface area (Å²) in [5.74, 6) is 0. The molecule has 1 rings (SSSR count). The highest BCUT2D eigenvalue weighted by atomic mass is 31.1. The third-order valence-electron chi connectivity index (χ3n) is 1.27. The van der Waals surface area contributed by atoms with E-state index >= 15 is 0 Å². The first-order valence-corrected chi connectivity index (χ1v) is 4.04. The van der Waals surface area contributed by atoms with Gasteiger partial charge in [0, 0.05) is 0 Å². The summed E-state index contributed by atoms with van der Waals surface area (Å²) in [6.45, 7) is 0. The summed E-state index contributed by atoms with van der Waals surface area (Å²) in [5, 5.41) is 0. The average molecular weight is 175 g/mol. The Balaban J connectivity index is 3.01. The van der Waals surface area contributed by atoms with Crippen molar-refractivity contribution in [3.8, 4) is 6.01 Å². The van der Waals surface area contributed by atoms with Crippen LogP contribution in [0.4, 0.5) is 0 Å². The van der Waals surface area contributed by atoms with Gasteiger partial charge in [0.25, 0.3) is 0 Å². The van der Waals surface area contributed by atoms with E-state index in [4.69, 9.17) is 0 Å². The van der Waals surface area contributed by atoms with Crippen molar-refractivity contribution in [3.63, 3.8) is 0 Å². The molecule has 0 radical (unpaired) electrons. The van der Waals surface area contributed by atoms with E-state index < -0.39 is 7.91 Å². The van der Waals surface area contributed by atoms with Gasteiger partial charge in [-0.15, -0.1) is 0 Å². The average Bonchev–Trinajstić information content (AvgIpc) is 2.18. The molecule has 0 saturated heterocycles. The van der Waals surface area contributed by atoms with Gasteiger partial charge in [0.2, 0.25) is 0 Å². The smallest absolute Gasteiger partial charge is 0.315 e. The Labute approximate surface area is 64.1 Å². The standard InChI is InChI=1S/C5H8N2O3P/c1-6-3-4-7(2)5(6)10-11(8)9/h3-4H,1-2H3/q+1. The maximum Gasteiger partial charge on any atom is 0.534 e. The molecule has 0 aliphatic carbocycles. The molecule has 0 aliphatic rings. The highest BCUT2D eigenvalue weighted by Crippen LogP contribution is 2.11.